The molecule has 0 aliphatic rings. The second-order valence-corrected chi connectivity index (χ2v) is 3.56. The van der Waals surface area contributed by atoms with Gasteiger partial charge in [0.05, 0.1) is 13.1 Å². The third-order valence-electron chi connectivity index (χ3n) is 1.96. The Hall–Kier alpha value is -3.32. The molecule has 0 spiro atoms. The number of terminal acetylenes is 2. The van der Waals surface area contributed by atoms with E-state index in [0.717, 1.165) is 0 Å². The Morgan fingerprint density at radius 3 is 1.81 bits per heavy atom. The summed E-state index contributed by atoms with van der Waals surface area (Å²) in [5.74, 6) is 4.10. The van der Waals surface area contributed by atoms with Gasteiger partial charge in [-0.05, 0) is 0 Å². The molecule has 21 heavy (non-hydrogen) atoms. The average Bonchev–Trinajstić information content (AvgIpc) is 2.42. The highest BCUT2D eigenvalue weighted by Crippen LogP contribution is 2.27. The molecule has 0 bridgehead atoms. The molecule has 0 aliphatic heterocycles. The lowest BCUT2D eigenvalue weighted by Gasteiger charge is -2.08. The minimum atomic E-state index is -0.804. The van der Waals surface area contributed by atoms with Crippen molar-refractivity contribution in [1.29, 1.82) is 0 Å². The number of phenolic OH excluding ortho intramolecular Hbond substituents is 1. The van der Waals surface area contributed by atoms with Crippen LogP contribution in [0.3, 0.4) is 0 Å². The van der Waals surface area contributed by atoms with Crippen molar-refractivity contribution in [2.24, 2.45) is 0 Å². The van der Waals surface area contributed by atoms with Gasteiger partial charge in [0.1, 0.15) is 17.2 Å². The molecule has 0 atom stereocenters. The zero-order valence-electron chi connectivity index (χ0n) is 10.9. The van der Waals surface area contributed by atoms with E-state index >= 15 is 0 Å². The first-order valence-corrected chi connectivity index (χ1v) is 5.67. The van der Waals surface area contributed by atoms with Crippen LogP contribution in [0.25, 0.3) is 0 Å². The number of carbonyl (C=O) groups excluding carboxylic acids is 2. The summed E-state index contributed by atoms with van der Waals surface area (Å²) >= 11 is 0. The number of nitrogens with one attached hydrogen (secondary N) is 2. The number of hydrogen-bond donors (Lipinski definition) is 3. The van der Waals surface area contributed by atoms with Gasteiger partial charge < -0.3 is 25.2 Å². The topological polar surface area (TPSA) is 96.9 Å². The first-order chi connectivity index (χ1) is 10.0. The van der Waals surface area contributed by atoms with E-state index in [1.54, 1.807) is 0 Å². The molecule has 0 fully saturated rings. The molecule has 3 N–H and O–H groups in total. The Balaban J connectivity index is 2.71. The highest BCUT2D eigenvalue weighted by atomic mass is 16.6. The maximum absolute atomic E-state index is 11.3. The van der Waals surface area contributed by atoms with Crippen molar-refractivity contribution < 1.29 is 24.2 Å². The second-order valence-electron chi connectivity index (χ2n) is 3.56. The highest BCUT2D eigenvalue weighted by molar-refractivity contribution is 5.72. The van der Waals surface area contributed by atoms with Crippen LogP contribution in [-0.2, 0) is 0 Å². The largest absolute Gasteiger partial charge is 0.508 e. The Morgan fingerprint density at radius 2 is 1.43 bits per heavy atom. The van der Waals surface area contributed by atoms with Crippen LogP contribution in [0.2, 0.25) is 0 Å². The van der Waals surface area contributed by atoms with Gasteiger partial charge in [0.15, 0.2) is 0 Å². The molecule has 0 aromatic heterocycles. The summed E-state index contributed by atoms with van der Waals surface area (Å²) in [7, 11) is 0. The van der Waals surface area contributed by atoms with Gasteiger partial charge in [-0.25, -0.2) is 9.59 Å². The third-order valence-corrected chi connectivity index (χ3v) is 1.96. The standard InChI is InChI=1S/C14H12N2O5/c1-3-5-15-13(18)20-11-7-10(17)8-12(9-11)21-14(19)16-6-4-2/h1-2,7-9,17H,5-6H2,(H,15,18)(H,16,19). The van der Waals surface area contributed by atoms with Crippen LogP contribution < -0.4 is 20.1 Å². The lowest BCUT2D eigenvalue weighted by Crippen LogP contribution is -2.27. The van der Waals surface area contributed by atoms with Crippen molar-refractivity contribution >= 4 is 12.2 Å². The van der Waals surface area contributed by atoms with E-state index in [9.17, 15) is 14.7 Å². The monoisotopic (exact) mass is 288 g/mol. The zero-order chi connectivity index (χ0) is 15.7. The van der Waals surface area contributed by atoms with Gasteiger partial charge in [-0.15, -0.1) is 12.8 Å². The fourth-order valence-electron chi connectivity index (χ4n) is 1.21. The lowest BCUT2D eigenvalue weighted by atomic mass is 10.3. The van der Waals surface area contributed by atoms with Crippen molar-refractivity contribution in [3.8, 4) is 41.9 Å². The molecular formula is C14H12N2O5. The van der Waals surface area contributed by atoms with Gasteiger partial charge in [0.25, 0.3) is 0 Å². The van der Waals surface area contributed by atoms with Crippen LogP contribution in [0, 0.1) is 24.7 Å². The van der Waals surface area contributed by atoms with Crippen LogP contribution in [0.15, 0.2) is 18.2 Å². The van der Waals surface area contributed by atoms with E-state index in [0.29, 0.717) is 0 Å². The molecule has 7 nitrogen and oxygen atoms in total. The molecule has 0 radical (unpaired) electrons. The molecule has 1 rings (SSSR count). The number of aromatic hydroxyl groups is 1. The number of carbonyl (C=O) groups is 2. The highest BCUT2D eigenvalue weighted by Gasteiger charge is 2.09. The van der Waals surface area contributed by atoms with Crippen LogP contribution in [0.4, 0.5) is 9.59 Å². The smallest absolute Gasteiger partial charge is 0.413 e. The van der Waals surface area contributed by atoms with Gasteiger partial charge in [-0.3, -0.25) is 0 Å². The van der Waals surface area contributed by atoms with Gasteiger partial charge in [-0.2, -0.15) is 0 Å². The number of hydrogen-bond acceptors (Lipinski definition) is 5. The van der Waals surface area contributed by atoms with Gasteiger partial charge in [0, 0.05) is 18.2 Å². The van der Waals surface area contributed by atoms with E-state index in [4.69, 9.17) is 22.3 Å². The lowest BCUT2D eigenvalue weighted by molar-refractivity contribution is 0.200. The zero-order valence-corrected chi connectivity index (χ0v) is 10.9. The number of amides is 2. The number of rotatable bonds is 4. The van der Waals surface area contributed by atoms with Gasteiger partial charge >= 0.3 is 12.2 Å². The minimum Gasteiger partial charge on any atom is -0.508 e. The second kappa shape index (κ2) is 7.97. The fourth-order valence-corrected chi connectivity index (χ4v) is 1.21. The fraction of sp³-hybridized carbons (Fsp3) is 0.143. The van der Waals surface area contributed by atoms with Crippen LogP contribution >= 0.6 is 0 Å². The van der Waals surface area contributed by atoms with Crippen molar-refractivity contribution in [3.63, 3.8) is 0 Å². The van der Waals surface area contributed by atoms with E-state index in [2.05, 4.69) is 22.5 Å². The summed E-state index contributed by atoms with van der Waals surface area (Å²) in [5, 5.41) is 14.0. The summed E-state index contributed by atoms with van der Waals surface area (Å²) in [4.78, 5) is 22.6. The summed E-state index contributed by atoms with van der Waals surface area (Å²) < 4.78 is 9.70. The average molecular weight is 288 g/mol. The van der Waals surface area contributed by atoms with Gasteiger partial charge in [0.2, 0.25) is 0 Å². The molecule has 2 amide bonds. The summed E-state index contributed by atoms with van der Waals surface area (Å²) in [6.07, 6.45) is 8.34. The molecule has 0 unspecified atom stereocenters. The summed E-state index contributed by atoms with van der Waals surface area (Å²) in [6.45, 7) is -0.00893. The van der Waals surface area contributed by atoms with Crippen LogP contribution in [-0.4, -0.2) is 30.4 Å². The number of phenols is 1. The van der Waals surface area contributed by atoms with Crippen molar-refractivity contribution in [2.45, 2.75) is 0 Å². The number of benzene rings is 1. The Kier molecular flexibility index (Phi) is 5.97. The van der Waals surface area contributed by atoms with Crippen molar-refractivity contribution in [2.75, 3.05) is 13.1 Å². The minimum absolute atomic E-state index is 0.00446. The molecule has 1 aromatic carbocycles. The molecule has 7 heteroatoms. The van der Waals surface area contributed by atoms with Crippen LogP contribution in [0.1, 0.15) is 0 Å². The Bertz CT molecular complexity index is 563. The maximum atomic E-state index is 11.3. The predicted octanol–water partition coefficient (Wildman–Crippen LogP) is 0.835. The Morgan fingerprint density at radius 1 is 1.00 bits per heavy atom. The van der Waals surface area contributed by atoms with E-state index in [-0.39, 0.29) is 30.3 Å². The van der Waals surface area contributed by atoms with Crippen molar-refractivity contribution in [1.82, 2.24) is 10.6 Å². The Labute approximate surface area is 121 Å². The predicted molar refractivity (Wildman–Crippen MR) is 73.8 cm³/mol. The SMILES string of the molecule is C#CCNC(=O)Oc1cc(O)cc(OC(=O)NCC#C)c1. The van der Waals surface area contributed by atoms with E-state index in [1.807, 2.05) is 0 Å². The maximum Gasteiger partial charge on any atom is 0.413 e. The molecule has 0 heterocycles. The third kappa shape index (κ3) is 5.90. The number of ether oxygens (including phenoxy) is 2. The quantitative estimate of drug-likeness (QED) is 0.713. The van der Waals surface area contributed by atoms with Crippen molar-refractivity contribution in [3.05, 3.63) is 18.2 Å². The molecule has 0 aliphatic carbocycles. The molecule has 1 aromatic rings. The molecular weight excluding hydrogens is 276 g/mol. The van der Waals surface area contributed by atoms with Gasteiger partial charge in [-0.1, -0.05) is 11.8 Å². The first-order valence-electron chi connectivity index (χ1n) is 5.67. The summed E-state index contributed by atoms with van der Waals surface area (Å²) in [6, 6.07) is 3.58. The van der Waals surface area contributed by atoms with E-state index < -0.39 is 12.2 Å². The molecule has 0 saturated carbocycles. The first kappa shape index (κ1) is 15.7. The molecule has 108 valence electrons. The normalized spacial score (nSPS) is 8.86. The van der Waals surface area contributed by atoms with Crippen LogP contribution in [0.5, 0.6) is 17.2 Å². The van der Waals surface area contributed by atoms with E-state index in [1.165, 1.54) is 18.2 Å². The molecule has 0 saturated heterocycles. The summed E-state index contributed by atoms with van der Waals surface area (Å²) in [5.41, 5.74) is 0.